The van der Waals surface area contributed by atoms with Crippen LogP contribution in [0.3, 0.4) is 0 Å². The van der Waals surface area contributed by atoms with Crippen molar-refractivity contribution in [2.24, 2.45) is 17.8 Å². The number of carbonyl (C=O) groups excluding carboxylic acids is 1. The fourth-order valence-corrected chi connectivity index (χ4v) is 2.84. The predicted molar refractivity (Wildman–Crippen MR) is 165 cm³/mol. The third kappa shape index (κ3) is 15.2. The molecule has 1 rings (SSSR count). The van der Waals surface area contributed by atoms with E-state index in [0.717, 1.165) is 5.57 Å². The number of hydrogen-bond acceptors (Lipinski definition) is 5. The van der Waals surface area contributed by atoms with E-state index in [2.05, 4.69) is 32.5 Å². The summed E-state index contributed by atoms with van der Waals surface area (Å²) in [5.74, 6) is 1.73. The largest absolute Gasteiger partial charge is 0.384 e. The summed E-state index contributed by atoms with van der Waals surface area (Å²) in [6, 6.07) is 0. The highest BCUT2D eigenvalue weighted by molar-refractivity contribution is 9.08. The number of nitrogens with zero attached hydrogens (tertiary/aromatic N) is 2. The number of nitrogens with one attached hydrogen (secondary N) is 1. The molecule has 0 atom stereocenters. The van der Waals surface area contributed by atoms with Gasteiger partial charge in [0.15, 0.2) is 0 Å². The number of nitrogens with two attached hydrogens (primary N) is 1. The highest BCUT2D eigenvalue weighted by Crippen LogP contribution is 2.18. The highest BCUT2D eigenvalue weighted by atomic mass is 79.9. The van der Waals surface area contributed by atoms with Gasteiger partial charge in [0, 0.05) is 18.2 Å². The molecule has 0 bridgehead atoms. The van der Waals surface area contributed by atoms with Gasteiger partial charge in [-0.05, 0) is 45.0 Å². The summed E-state index contributed by atoms with van der Waals surface area (Å²) in [4.78, 5) is 42.8. The number of aliphatic imine (C=N–C) groups is 1. The second-order valence-corrected chi connectivity index (χ2v) is 7.98. The summed E-state index contributed by atoms with van der Waals surface area (Å²) in [6.45, 7) is 18.7. The Bertz CT molecular complexity index is 1120. The number of Topliss-reactive ketones (excluding diaryl/α,β-unsaturated/α-hetero) is 1. The Kier molecular flexibility index (Phi) is 23.6. The van der Waals surface area contributed by atoms with Crippen LogP contribution in [0.25, 0.3) is 0 Å². The normalized spacial score (nSPS) is 12.1. The van der Waals surface area contributed by atoms with Gasteiger partial charge in [-0.1, -0.05) is 105 Å². The second kappa shape index (κ2) is 22.5. The fraction of sp³-hybridized carbons (Fsp3) is 0.429. The van der Waals surface area contributed by atoms with E-state index in [0.29, 0.717) is 28.5 Å². The van der Waals surface area contributed by atoms with E-state index in [1.54, 1.807) is 37.3 Å². The average molecular weight is 600 g/mol. The van der Waals surface area contributed by atoms with Gasteiger partial charge < -0.3 is 5.73 Å². The molecular weight excluding hydrogens is 556 g/mol. The standard InChI is InChI=1S/C17H22N2O3.C8H13ClN2.C2H6.CH3Br/c1-6-8-10-12(9-7-2)15(20)14-13(11(3)4)16(21)18-17(22)19(14)5;1-4-6(2)5-8(10)11-7(3)9;2*1-2/h6,8-11H,1,7H2,2-5H3,(H,18,21,22);4-5H,10H2,1-3H3;1-2H3;1H3/b10-8-,12-9+;6-4-,8-5-,11-7+;;. The molecule has 0 spiro atoms. The second-order valence-electron chi connectivity index (χ2n) is 7.44. The first-order valence-corrected chi connectivity index (χ1v) is 13.9. The molecule has 0 aliphatic carbocycles. The zero-order chi connectivity index (χ0) is 29.7. The smallest absolute Gasteiger partial charge is 0.328 e. The first kappa shape index (κ1) is 38.8. The number of halogens is 2. The van der Waals surface area contributed by atoms with Gasteiger partial charge in [-0.15, -0.1) is 0 Å². The lowest BCUT2D eigenvalue weighted by molar-refractivity contribution is 0.102. The SMILES string of the molecule is C=C/C=C\C(=C/CC)C(=O)c1c(C(C)C)c(=O)[nH]c(=O)n1C.CBr.CC.C\C=C(C)/C=C(N)\N=C(/C)Cl. The Morgan fingerprint density at radius 2 is 1.78 bits per heavy atom. The average Bonchev–Trinajstić information content (AvgIpc) is 2.85. The van der Waals surface area contributed by atoms with E-state index in [1.807, 2.05) is 60.4 Å². The first-order valence-electron chi connectivity index (χ1n) is 12.0. The van der Waals surface area contributed by atoms with Crippen molar-refractivity contribution in [1.82, 2.24) is 9.55 Å². The lowest BCUT2D eigenvalue weighted by Crippen LogP contribution is -2.36. The monoisotopic (exact) mass is 598 g/mol. The van der Waals surface area contributed by atoms with Crippen LogP contribution in [0.5, 0.6) is 0 Å². The summed E-state index contributed by atoms with van der Waals surface area (Å²) in [5, 5.41) is 0.447. The van der Waals surface area contributed by atoms with Crippen LogP contribution in [-0.4, -0.2) is 26.3 Å². The van der Waals surface area contributed by atoms with Gasteiger partial charge in [-0.2, -0.15) is 0 Å². The van der Waals surface area contributed by atoms with Crippen molar-refractivity contribution in [3.05, 3.63) is 92.1 Å². The number of aromatic amines is 1. The maximum atomic E-state index is 12.8. The van der Waals surface area contributed by atoms with Gasteiger partial charge in [0.2, 0.25) is 5.78 Å². The van der Waals surface area contributed by atoms with Crippen molar-refractivity contribution >= 4 is 38.5 Å². The first-order chi connectivity index (χ1) is 17.4. The minimum absolute atomic E-state index is 0.136. The van der Waals surface area contributed by atoms with Crippen LogP contribution in [0.4, 0.5) is 0 Å². The molecule has 1 aromatic heterocycles. The fourth-order valence-electron chi connectivity index (χ4n) is 2.74. The number of aromatic nitrogens is 2. The molecule has 0 saturated carbocycles. The summed E-state index contributed by atoms with van der Waals surface area (Å²) >= 11 is 8.45. The Morgan fingerprint density at radius 1 is 1.24 bits per heavy atom. The molecule has 0 aliphatic heterocycles. The third-order valence-corrected chi connectivity index (χ3v) is 4.45. The quantitative estimate of drug-likeness (QED) is 0.111. The van der Waals surface area contributed by atoms with Crippen LogP contribution >= 0.6 is 27.5 Å². The van der Waals surface area contributed by atoms with E-state index in [4.69, 9.17) is 17.3 Å². The van der Waals surface area contributed by atoms with Crippen molar-refractivity contribution in [3.63, 3.8) is 0 Å². The molecule has 0 fully saturated rings. The van der Waals surface area contributed by atoms with Crippen LogP contribution < -0.4 is 17.0 Å². The van der Waals surface area contributed by atoms with Crippen LogP contribution in [-0.2, 0) is 7.05 Å². The molecule has 7 nitrogen and oxygen atoms in total. The van der Waals surface area contributed by atoms with Gasteiger partial charge in [-0.3, -0.25) is 19.1 Å². The number of allylic oxidation sites excluding steroid dienone is 8. The van der Waals surface area contributed by atoms with E-state index < -0.39 is 11.2 Å². The van der Waals surface area contributed by atoms with Gasteiger partial charge in [-0.25, -0.2) is 9.79 Å². The van der Waals surface area contributed by atoms with E-state index in [1.165, 1.54) is 11.6 Å². The van der Waals surface area contributed by atoms with Crippen LogP contribution in [0.2, 0.25) is 0 Å². The summed E-state index contributed by atoms with van der Waals surface area (Å²) in [7, 11) is 1.48. The van der Waals surface area contributed by atoms with Gasteiger partial charge in [0.05, 0.1) is 0 Å². The number of H-pyrrole nitrogens is 1. The summed E-state index contributed by atoms with van der Waals surface area (Å²) in [6.07, 6.45) is 11.0. The van der Waals surface area contributed by atoms with E-state index in [9.17, 15) is 14.4 Å². The van der Waals surface area contributed by atoms with Crippen molar-refractivity contribution in [3.8, 4) is 0 Å². The lowest BCUT2D eigenvalue weighted by atomic mass is 9.96. The Hall–Kier alpha value is -2.71. The summed E-state index contributed by atoms with van der Waals surface area (Å²) in [5.41, 5.74) is 6.36. The van der Waals surface area contributed by atoms with Crippen molar-refractivity contribution in [2.75, 3.05) is 5.83 Å². The van der Waals surface area contributed by atoms with Crippen molar-refractivity contribution in [1.29, 1.82) is 0 Å². The van der Waals surface area contributed by atoms with Gasteiger partial charge >= 0.3 is 5.69 Å². The topological polar surface area (TPSA) is 110 Å². The summed E-state index contributed by atoms with van der Waals surface area (Å²) < 4.78 is 1.20. The minimum Gasteiger partial charge on any atom is -0.384 e. The maximum absolute atomic E-state index is 12.8. The van der Waals surface area contributed by atoms with Crippen LogP contribution in [0.15, 0.2) is 74.6 Å². The Balaban J connectivity index is -0.000000649. The molecule has 0 aliphatic rings. The molecular formula is C28H44BrClN4O3. The van der Waals surface area contributed by atoms with Gasteiger partial charge in [0.25, 0.3) is 5.56 Å². The molecule has 0 saturated heterocycles. The molecule has 0 aromatic carbocycles. The molecule has 0 radical (unpaired) electrons. The van der Waals surface area contributed by atoms with E-state index >= 15 is 0 Å². The molecule has 37 heavy (non-hydrogen) atoms. The number of rotatable bonds is 8. The van der Waals surface area contributed by atoms with Gasteiger partial charge in [0.1, 0.15) is 16.7 Å². The van der Waals surface area contributed by atoms with E-state index in [-0.39, 0.29) is 17.4 Å². The molecule has 0 unspecified atom stereocenters. The zero-order valence-corrected chi connectivity index (χ0v) is 26.3. The van der Waals surface area contributed by atoms with Crippen molar-refractivity contribution < 1.29 is 4.79 Å². The number of ketones is 1. The van der Waals surface area contributed by atoms with Crippen LogP contribution in [0, 0.1) is 0 Å². The molecule has 0 amide bonds. The van der Waals surface area contributed by atoms with Crippen molar-refractivity contribution in [2.45, 2.75) is 67.7 Å². The highest BCUT2D eigenvalue weighted by Gasteiger charge is 2.23. The maximum Gasteiger partial charge on any atom is 0.328 e. The zero-order valence-electron chi connectivity index (χ0n) is 23.9. The van der Waals surface area contributed by atoms with Crippen LogP contribution in [0.1, 0.15) is 83.8 Å². The molecule has 1 heterocycles. The molecule has 9 heteroatoms. The third-order valence-electron chi connectivity index (χ3n) is 4.36. The molecule has 1 aromatic rings. The Morgan fingerprint density at radius 3 is 2.19 bits per heavy atom. The number of carbonyl (C=O) groups is 1. The number of alkyl halides is 1. The predicted octanol–water partition coefficient (Wildman–Crippen LogP) is 6.91. The molecule has 3 N–H and O–H groups in total. The molecule has 208 valence electrons. The lowest BCUT2D eigenvalue weighted by Gasteiger charge is -2.14. The number of hydrogen-bond donors (Lipinski definition) is 2. The Labute approximate surface area is 235 Å². The minimum atomic E-state index is -0.596.